The van der Waals surface area contributed by atoms with Gasteiger partial charge in [-0.25, -0.2) is 16.8 Å². The van der Waals surface area contributed by atoms with Gasteiger partial charge in [0.1, 0.15) is 31.3 Å². The molecule has 10 rings (SSSR count). The van der Waals surface area contributed by atoms with Crippen LogP contribution < -0.4 is 20.5 Å². The zero-order chi connectivity index (χ0) is 51.1. The van der Waals surface area contributed by atoms with Crippen LogP contribution in [0.15, 0.2) is 170 Å². The van der Waals surface area contributed by atoms with Crippen LogP contribution >= 0.6 is 0 Å². The molecule has 378 valence electrons. The largest absolute Gasteiger partial charge is 0.492 e. The third kappa shape index (κ3) is 12.8. The standard InChI is InChI=1S/C26H22N2O6S2.C21H21N3O3S.C4H8O.C2H7N/c1-18-9-12-21(13-10-18)36(31,32)34-16-15-33-20-11-14-24-23(17-20)26(28-27-24)35(29,30)25-8-4-6-19-5-2-3-7-22(19)25;1-2-22-12-13-27-16-10-11-19-18(14-16)21(24-23-19)28(25,26)20-9-5-7-15-6-3-4-8-17(15)20;1-2-4-5-3-1;1-2-3/h2-14,17H,15-16H2,1H3,(H,27,28);3-11,14,22H,2,12-13H2,1H3,(H,23,24);1-4H2;2-3H2,1H3. The third-order valence-corrected chi connectivity index (χ3v) is 16.0. The Bertz CT molecular complexity index is 3560. The van der Waals surface area contributed by atoms with Crippen molar-refractivity contribution in [1.29, 1.82) is 0 Å². The molecule has 0 spiro atoms. The molecule has 7 aromatic carbocycles. The van der Waals surface area contributed by atoms with E-state index in [1.54, 1.807) is 84.9 Å². The normalized spacial score (nSPS) is 12.7. The number of nitrogens with two attached hydrogens (primary N) is 1. The Labute approximate surface area is 419 Å². The number of nitrogens with zero attached hydrogens (tertiary/aromatic N) is 2. The number of aromatic nitrogens is 4. The summed E-state index contributed by atoms with van der Waals surface area (Å²) in [6.45, 7) is 10.4. The zero-order valence-electron chi connectivity index (χ0n) is 40.2. The molecule has 1 saturated heterocycles. The number of hydrogen-bond acceptors (Lipinski definition) is 14. The van der Waals surface area contributed by atoms with E-state index in [9.17, 15) is 25.3 Å². The van der Waals surface area contributed by atoms with Gasteiger partial charge in [0.15, 0.2) is 10.1 Å². The molecule has 5 N–H and O–H groups in total. The van der Waals surface area contributed by atoms with Crippen LogP contribution in [0.2, 0.25) is 0 Å². The van der Waals surface area contributed by atoms with Gasteiger partial charge in [0, 0.05) is 41.3 Å². The second-order valence-corrected chi connectivity index (χ2v) is 21.6. The van der Waals surface area contributed by atoms with Crippen LogP contribution in [0.3, 0.4) is 0 Å². The van der Waals surface area contributed by atoms with Crippen molar-refractivity contribution in [3.05, 3.63) is 151 Å². The van der Waals surface area contributed by atoms with Gasteiger partial charge >= 0.3 is 0 Å². The number of fused-ring (bicyclic) bond motifs is 4. The van der Waals surface area contributed by atoms with Crippen LogP contribution in [0, 0.1) is 6.92 Å². The number of sulfone groups is 2. The summed E-state index contributed by atoms with van der Waals surface area (Å²) in [6.07, 6.45) is 2.56. The predicted molar refractivity (Wildman–Crippen MR) is 280 cm³/mol. The molecule has 1 fully saturated rings. The van der Waals surface area contributed by atoms with E-state index in [-0.39, 0.29) is 38.0 Å². The number of likely N-dealkylation sites (N-methyl/N-ethyl adjacent to an activating group) is 1. The summed E-state index contributed by atoms with van der Waals surface area (Å²) in [7, 11) is -11.6. The van der Waals surface area contributed by atoms with E-state index in [0.29, 0.717) is 50.7 Å². The van der Waals surface area contributed by atoms with Crippen molar-refractivity contribution in [2.45, 2.75) is 58.4 Å². The molecule has 0 atom stereocenters. The minimum absolute atomic E-state index is 0.0440. The lowest BCUT2D eigenvalue weighted by molar-refractivity contribution is 0.198. The van der Waals surface area contributed by atoms with Crippen molar-refractivity contribution in [3.63, 3.8) is 0 Å². The Hall–Kier alpha value is -6.71. The molecule has 0 aliphatic carbocycles. The number of aromatic amines is 2. The van der Waals surface area contributed by atoms with Crippen LogP contribution in [0.5, 0.6) is 11.5 Å². The lowest BCUT2D eigenvalue weighted by Gasteiger charge is -2.09. The number of ether oxygens (including phenoxy) is 3. The predicted octanol–water partition coefficient (Wildman–Crippen LogP) is 8.94. The minimum Gasteiger partial charge on any atom is -0.492 e. The van der Waals surface area contributed by atoms with E-state index in [2.05, 4.69) is 25.7 Å². The van der Waals surface area contributed by atoms with Gasteiger partial charge in [-0.1, -0.05) is 104 Å². The van der Waals surface area contributed by atoms with Crippen LogP contribution in [-0.4, -0.2) is 98.3 Å². The number of H-pyrrole nitrogens is 2. The second kappa shape index (κ2) is 24.6. The van der Waals surface area contributed by atoms with Gasteiger partial charge in [0.05, 0.1) is 25.7 Å². The molecule has 1 aliphatic heterocycles. The summed E-state index contributed by atoms with van der Waals surface area (Å²) in [4.78, 5) is 0.498. The smallest absolute Gasteiger partial charge is 0.297 e. The van der Waals surface area contributed by atoms with Gasteiger partial charge < -0.3 is 25.3 Å². The average molecular weight is 1040 g/mol. The topological polar surface area (TPSA) is 235 Å². The van der Waals surface area contributed by atoms with Crippen LogP contribution in [0.4, 0.5) is 0 Å². The van der Waals surface area contributed by atoms with E-state index < -0.39 is 29.8 Å². The van der Waals surface area contributed by atoms with Crippen LogP contribution in [0.25, 0.3) is 43.4 Å². The lowest BCUT2D eigenvalue weighted by atomic mass is 10.1. The van der Waals surface area contributed by atoms with Gasteiger partial charge in [-0.05, 0) is 104 Å². The molecule has 2 aromatic heterocycles. The fourth-order valence-corrected chi connectivity index (χ4v) is 11.6. The van der Waals surface area contributed by atoms with Crippen molar-refractivity contribution in [2.24, 2.45) is 5.73 Å². The molecule has 0 radical (unpaired) electrons. The van der Waals surface area contributed by atoms with Crippen molar-refractivity contribution < 1.29 is 43.6 Å². The van der Waals surface area contributed by atoms with E-state index in [4.69, 9.17) is 24.1 Å². The Morgan fingerprint density at radius 3 is 1.53 bits per heavy atom. The SMILES string of the molecule is C1CCOC1.CCN.CCNCCOc1ccc2n[nH]c(S(=O)(=O)c3cccc4ccccc34)c2c1.Cc1ccc(S(=O)(=O)OCCOc2ccc3n[nH]c(S(=O)(=O)c4cccc5ccccc45)c3c2)cc1. The summed E-state index contributed by atoms with van der Waals surface area (Å²) in [5.74, 6) is 0.968. The van der Waals surface area contributed by atoms with E-state index >= 15 is 0 Å². The van der Waals surface area contributed by atoms with Crippen molar-refractivity contribution in [2.75, 3.05) is 52.7 Å². The molecule has 72 heavy (non-hydrogen) atoms. The third-order valence-electron chi connectivity index (χ3n) is 11.1. The molecule has 16 nitrogen and oxygen atoms in total. The number of rotatable bonds is 15. The van der Waals surface area contributed by atoms with Gasteiger partial charge in [-0.3, -0.25) is 14.4 Å². The lowest BCUT2D eigenvalue weighted by Crippen LogP contribution is -2.20. The molecular formula is C53H58N6O10S3. The molecule has 3 heterocycles. The summed E-state index contributed by atoms with van der Waals surface area (Å²) in [5.41, 5.74) is 6.82. The Kier molecular flexibility index (Phi) is 18.2. The highest BCUT2D eigenvalue weighted by Gasteiger charge is 2.27. The number of aryl methyl sites for hydroxylation is 1. The average Bonchev–Trinajstić information content (AvgIpc) is 4.20. The second-order valence-electron chi connectivity index (χ2n) is 16.3. The molecule has 0 bridgehead atoms. The summed E-state index contributed by atoms with van der Waals surface area (Å²) < 4.78 is 100.0. The maximum atomic E-state index is 13.6. The summed E-state index contributed by atoms with van der Waals surface area (Å²) in [6, 6.07) is 41.6. The Morgan fingerprint density at radius 2 is 1.06 bits per heavy atom. The first kappa shape index (κ1) is 53.1. The minimum atomic E-state index is -3.92. The first-order chi connectivity index (χ1) is 34.8. The highest BCUT2D eigenvalue weighted by molar-refractivity contribution is 7.92. The maximum Gasteiger partial charge on any atom is 0.297 e. The van der Waals surface area contributed by atoms with Gasteiger partial charge in [0.25, 0.3) is 10.1 Å². The number of hydrogen-bond donors (Lipinski definition) is 4. The van der Waals surface area contributed by atoms with E-state index in [1.807, 2.05) is 69.3 Å². The monoisotopic (exact) mass is 1030 g/mol. The fourth-order valence-electron chi connectivity index (χ4n) is 7.61. The first-order valence-corrected chi connectivity index (χ1v) is 27.8. The van der Waals surface area contributed by atoms with E-state index in [1.165, 1.54) is 25.0 Å². The molecular weight excluding hydrogens is 977 g/mol. The fraction of sp³-hybridized carbons (Fsp3) is 0.245. The number of benzene rings is 7. The zero-order valence-corrected chi connectivity index (χ0v) is 42.7. The van der Waals surface area contributed by atoms with Gasteiger partial charge in [0.2, 0.25) is 19.7 Å². The van der Waals surface area contributed by atoms with Gasteiger partial charge in [-0.2, -0.15) is 18.6 Å². The summed E-state index contributed by atoms with van der Waals surface area (Å²) >= 11 is 0. The molecule has 19 heteroatoms. The highest BCUT2D eigenvalue weighted by atomic mass is 32.2. The molecule has 0 saturated carbocycles. The number of nitrogens with one attached hydrogen (secondary N) is 3. The molecule has 9 aromatic rings. The highest BCUT2D eigenvalue weighted by Crippen LogP contribution is 2.34. The van der Waals surface area contributed by atoms with Gasteiger partial charge in [-0.15, -0.1) is 0 Å². The molecule has 0 amide bonds. The summed E-state index contributed by atoms with van der Waals surface area (Å²) in [5, 5.41) is 20.8. The van der Waals surface area contributed by atoms with Crippen molar-refractivity contribution in [3.8, 4) is 11.5 Å². The first-order valence-electron chi connectivity index (χ1n) is 23.4. The van der Waals surface area contributed by atoms with Crippen LogP contribution in [0.1, 0.15) is 32.3 Å². The van der Waals surface area contributed by atoms with E-state index in [0.717, 1.165) is 49.2 Å². The molecule has 0 unspecified atom stereocenters. The van der Waals surface area contributed by atoms with Crippen molar-refractivity contribution in [1.82, 2.24) is 25.7 Å². The quantitative estimate of drug-likeness (QED) is 0.0554. The molecule has 1 aliphatic rings. The van der Waals surface area contributed by atoms with Crippen molar-refractivity contribution >= 4 is 73.1 Å². The Morgan fingerprint density at radius 1 is 0.583 bits per heavy atom. The Balaban J connectivity index is 0.000000187. The maximum absolute atomic E-state index is 13.6. The van der Waals surface area contributed by atoms with Crippen LogP contribution in [-0.2, 0) is 38.7 Å².